The fourth-order valence-corrected chi connectivity index (χ4v) is 1.56. The fraction of sp³-hybridized carbons (Fsp3) is 0.733. The van der Waals surface area contributed by atoms with Gasteiger partial charge in [-0.05, 0) is 45.4 Å². The molecule has 0 fully saturated rings. The molecule has 0 aliphatic heterocycles. The first-order chi connectivity index (χ1) is 7.37. The normalized spacial score (nSPS) is 15.9. The minimum absolute atomic E-state index is 0.644. The van der Waals surface area contributed by atoms with Gasteiger partial charge in [-0.2, -0.15) is 0 Å². The maximum atomic E-state index is 9.62. The van der Waals surface area contributed by atoms with Gasteiger partial charge in [-0.3, -0.25) is 0 Å². The van der Waals surface area contributed by atoms with Gasteiger partial charge in [0.15, 0.2) is 0 Å². The minimum Gasteiger partial charge on any atom is -0.378 e. The van der Waals surface area contributed by atoms with Crippen LogP contribution in [0.2, 0.25) is 0 Å². The van der Waals surface area contributed by atoms with Crippen molar-refractivity contribution >= 4 is 0 Å². The van der Waals surface area contributed by atoms with Crippen LogP contribution in [0.5, 0.6) is 0 Å². The van der Waals surface area contributed by atoms with Gasteiger partial charge in [0, 0.05) is 0 Å². The van der Waals surface area contributed by atoms with Gasteiger partial charge >= 0.3 is 0 Å². The molecule has 0 aliphatic rings. The van der Waals surface area contributed by atoms with Crippen molar-refractivity contribution in [1.29, 1.82) is 0 Å². The second-order valence-corrected chi connectivity index (χ2v) is 5.29. The highest BCUT2D eigenvalue weighted by molar-refractivity contribution is 5.06. The lowest BCUT2D eigenvalue weighted by atomic mass is 9.99. The van der Waals surface area contributed by atoms with Gasteiger partial charge in [-0.15, -0.1) is 6.42 Å². The SMILES string of the molecule is C#CC(C)(O)CC/C=C(\C)CCCC(C)C. The Hall–Kier alpha value is -0.740. The van der Waals surface area contributed by atoms with Crippen molar-refractivity contribution in [2.24, 2.45) is 5.92 Å². The quantitative estimate of drug-likeness (QED) is 0.511. The van der Waals surface area contributed by atoms with Gasteiger partial charge in [0.2, 0.25) is 0 Å². The molecule has 1 heteroatoms. The van der Waals surface area contributed by atoms with E-state index in [4.69, 9.17) is 6.42 Å². The molecule has 0 saturated carbocycles. The number of rotatable bonds is 7. The van der Waals surface area contributed by atoms with Gasteiger partial charge in [-0.25, -0.2) is 0 Å². The second kappa shape index (κ2) is 7.52. The summed E-state index contributed by atoms with van der Waals surface area (Å²) in [6, 6.07) is 0. The molecule has 0 aromatic carbocycles. The van der Waals surface area contributed by atoms with Crippen molar-refractivity contribution in [3.63, 3.8) is 0 Å². The van der Waals surface area contributed by atoms with E-state index in [9.17, 15) is 5.11 Å². The Morgan fingerprint density at radius 3 is 2.62 bits per heavy atom. The van der Waals surface area contributed by atoms with Crippen molar-refractivity contribution in [3.8, 4) is 12.3 Å². The third-order valence-electron chi connectivity index (χ3n) is 2.79. The monoisotopic (exact) mass is 222 g/mol. The van der Waals surface area contributed by atoms with Crippen LogP contribution in [-0.2, 0) is 0 Å². The molecule has 0 radical (unpaired) electrons. The number of terminal acetylenes is 1. The summed E-state index contributed by atoms with van der Waals surface area (Å²) in [5, 5.41) is 9.62. The van der Waals surface area contributed by atoms with E-state index in [0.29, 0.717) is 6.42 Å². The molecular formula is C15H26O. The molecule has 0 heterocycles. The zero-order chi connectivity index (χ0) is 12.6. The Morgan fingerprint density at radius 2 is 2.12 bits per heavy atom. The fourth-order valence-electron chi connectivity index (χ4n) is 1.56. The molecule has 0 rings (SSSR count). The Morgan fingerprint density at radius 1 is 1.50 bits per heavy atom. The third-order valence-corrected chi connectivity index (χ3v) is 2.79. The summed E-state index contributed by atoms with van der Waals surface area (Å²) < 4.78 is 0. The Kier molecular flexibility index (Phi) is 7.17. The number of hydrogen-bond donors (Lipinski definition) is 1. The van der Waals surface area contributed by atoms with E-state index in [1.807, 2.05) is 0 Å². The maximum Gasteiger partial charge on any atom is 0.122 e. The smallest absolute Gasteiger partial charge is 0.122 e. The molecule has 0 saturated heterocycles. The number of allylic oxidation sites excluding steroid dienone is 2. The van der Waals surface area contributed by atoms with Crippen LogP contribution in [0.25, 0.3) is 0 Å². The van der Waals surface area contributed by atoms with Crippen molar-refractivity contribution in [1.82, 2.24) is 0 Å². The molecule has 16 heavy (non-hydrogen) atoms. The molecule has 1 atom stereocenters. The second-order valence-electron chi connectivity index (χ2n) is 5.29. The topological polar surface area (TPSA) is 20.2 Å². The van der Waals surface area contributed by atoms with Crippen molar-refractivity contribution < 1.29 is 5.11 Å². The molecule has 0 aromatic rings. The van der Waals surface area contributed by atoms with Crippen LogP contribution < -0.4 is 0 Å². The van der Waals surface area contributed by atoms with Crippen LogP contribution in [0.1, 0.15) is 59.8 Å². The zero-order valence-corrected chi connectivity index (χ0v) is 11.2. The maximum absolute atomic E-state index is 9.62. The first-order valence-corrected chi connectivity index (χ1v) is 6.23. The largest absolute Gasteiger partial charge is 0.378 e. The molecule has 0 aliphatic carbocycles. The number of hydrogen-bond acceptors (Lipinski definition) is 1. The highest BCUT2D eigenvalue weighted by atomic mass is 16.3. The van der Waals surface area contributed by atoms with Crippen LogP contribution in [0.3, 0.4) is 0 Å². The van der Waals surface area contributed by atoms with Crippen LogP contribution in [0.4, 0.5) is 0 Å². The molecule has 1 N–H and O–H groups in total. The van der Waals surface area contributed by atoms with Gasteiger partial charge in [0.1, 0.15) is 5.60 Å². The summed E-state index contributed by atoms with van der Waals surface area (Å²) in [5.74, 6) is 3.19. The number of aliphatic hydroxyl groups is 1. The standard InChI is InChI=1S/C15H26O/c1-6-15(5,16)12-8-11-14(4)10-7-9-13(2)3/h1,11,13,16H,7-10,12H2,2-5H3/b14-11+. The highest BCUT2D eigenvalue weighted by Crippen LogP contribution is 2.15. The summed E-state index contributed by atoms with van der Waals surface area (Å²) in [4.78, 5) is 0. The van der Waals surface area contributed by atoms with Crippen LogP contribution >= 0.6 is 0 Å². The van der Waals surface area contributed by atoms with Gasteiger partial charge in [0.05, 0.1) is 0 Å². The molecule has 0 bridgehead atoms. The van der Waals surface area contributed by atoms with Gasteiger partial charge in [-0.1, -0.05) is 37.8 Å². The minimum atomic E-state index is -0.950. The lowest BCUT2D eigenvalue weighted by Crippen LogP contribution is -2.20. The molecule has 0 spiro atoms. The Labute approximate surface area is 101 Å². The molecular weight excluding hydrogens is 196 g/mol. The van der Waals surface area contributed by atoms with E-state index < -0.39 is 5.60 Å². The Bertz CT molecular complexity index is 253. The zero-order valence-electron chi connectivity index (χ0n) is 11.2. The summed E-state index contributed by atoms with van der Waals surface area (Å²) in [5.41, 5.74) is 0.461. The molecule has 1 nitrogen and oxygen atoms in total. The van der Waals surface area contributed by atoms with Crippen molar-refractivity contribution in [3.05, 3.63) is 11.6 Å². The van der Waals surface area contributed by atoms with Gasteiger partial charge in [0.25, 0.3) is 0 Å². The summed E-state index contributed by atoms with van der Waals surface area (Å²) in [6.45, 7) is 8.35. The van der Waals surface area contributed by atoms with E-state index in [1.165, 1.54) is 18.4 Å². The predicted octanol–water partition coefficient (Wildman–Crippen LogP) is 3.92. The first kappa shape index (κ1) is 15.3. The van der Waals surface area contributed by atoms with Crippen LogP contribution in [0, 0.1) is 18.3 Å². The van der Waals surface area contributed by atoms with E-state index in [0.717, 1.165) is 18.8 Å². The molecule has 0 amide bonds. The summed E-state index contributed by atoms with van der Waals surface area (Å²) in [7, 11) is 0. The summed E-state index contributed by atoms with van der Waals surface area (Å²) >= 11 is 0. The van der Waals surface area contributed by atoms with Crippen LogP contribution in [-0.4, -0.2) is 10.7 Å². The average Bonchev–Trinajstić information content (AvgIpc) is 2.17. The van der Waals surface area contributed by atoms with E-state index in [-0.39, 0.29) is 0 Å². The van der Waals surface area contributed by atoms with E-state index >= 15 is 0 Å². The van der Waals surface area contributed by atoms with Crippen molar-refractivity contribution in [2.45, 2.75) is 65.4 Å². The van der Waals surface area contributed by atoms with E-state index in [1.54, 1.807) is 6.92 Å². The van der Waals surface area contributed by atoms with E-state index in [2.05, 4.69) is 32.8 Å². The lowest BCUT2D eigenvalue weighted by Gasteiger charge is -2.14. The van der Waals surface area contributed by atoms with Gasteiger partial charge < -0.3 is 5.11 Å². The Balaban J connectivity index is 3.76. The third kappa shape index (κ3) is 8.56. The predicted molar refractivity (Wildman–Crippen MR) is 71.1 cm³/mol. The average molecular weight is 222 g/mol. The molecule has 1 unspecified atom stereocenters. The summed E-state index contributed by atoms with van der Waals surface area (Å²) in [6.07, 6.45) is 12.6. The first-order valence-electron chi connectivity index (χ1n) is 6.23. The molecule has 92 valence electrons. The molecule has 0 aromatic heterocycles. The van der Waals surface area contributed by atoms with Crippen molar-refractivity contribution in [2.75, 3.05) is 0 Å². The highest BCUT2D eigenvalue weighted by Gasteiger charge is 2.14. The lowest BCUT2D eigenvalue weighted by molar-refractivity contribution is 0.113. The van der Waals surface area contributed by atoms with Crippen LogP contribution in [0.15, 0.2) is 11.6 Å².